The largest absolute Gasteiger partial charge is 0.488 e. The highest BCUT2D eigenvalue weighted by molar-refractivity contribution is 7.92. The molecule has 6 aromatic rings. The average Bonchev–Trinajstić information content (AvgIpc) is 0.850. The molecule has 10 amide bonds. The molecule has 119 heavy (non-hydrogen) atoms. The van der Waals surface area contributed by atoms with Gasteiger partial charge in [-0.05, 0) is 175 Å². The second kappa shape index (κ2) is 44.3. The molecule has 29 N–H and O–H groups in total. The second-order valence-corrected chi connectivity index (χ2v) is 30.2. The molecule has 3 aliphatic heterocycles. The SMILES string of the molecule is CC[C@H](C)[C@@H]1NC(=O)c2cc(NS(C)(=O)=O)ccc2OCc2ccc(C(N)=O)cc2NC(=O)[C@H](CCCCN)CC1=O.C[C@@H](O)[C@@H]1NC(=O)[C@H](CCCCN)NC(=O)c2cc(N=C(N)N)ccc2OCc2ccc(C(N)=O)cc2NC1=O.NCCCC[C@@H]1NC(=O)c2cc(N=C(N)N)ccc2OCc2ccc(C(N)=O)cc2NC(=O)CCC1=O. The summed E-state index contributed by atoms with van der Waals surface area (Å²) in [6.07, 6.45) is 4.53. The van der Waals surface area contributed by atoms with Gasteiger partial charge in [0.1, 0.15) is 49.2 Å². The number of rotatable bonds is 22. The number of Topliss-reactive ketones (excluding diaryl/α,β-unsaturated/α-hetero) is 2. The van der Waals surface area contributed by atoms with E-state index in [1.807, 2.05) is 13.8 Å². The number of aliphatic hydroxyl groups is 1. The summed E-state index contributed by atoms with van der Waals surface area (Å²) in [7, 11) is -3.64. The molecule has 38 nitrogen and oxygen atoms in total. The van der Waals surface area contributed by atoms with Crippen LogP contribution in [0, 0.1) is 11.8 Å². The van der Waals surface area contributed by atoms with Crippen LogP contribution in [0.25, 0.3) is 0 Å². The van der Waals surface area contributed by atoms with E-state index in [0.717, 1.165) is 6.26 Å². The maximum Gasteiger partial charge on any atom is 0.255 e. The molecule has 3 heterocycles. The highest BCUT2D eigenvalue weighted by Crippen LogP contribution is 2.33. The number of hydrogen-bond acceptors (Lipinski definition) is 23. The Morgan fingerprint density at radius 1 is 0.487 bits per heavy atom. The number of benzene rings is 6. The number of amides is 10. The molecular weight excluding hydrogens is 1560 g/mol. The Morgan fingerprint density at radius 3 is 1.34 bits per heavy atom. The van der Waals surface area contributed by atoms with Crippen molar-refractivity contribution < 1.29 is 85.3 Å². The van der Waals surface area contributed by atoms with Crippen LogP contribution in [0.1, 0.15) is 183 Å². The second-order valence-electron chi connectivity index (χ2n) is 28.4. The molecule has 0 saturated heterocycles. The van der Waals surface area contributed by atoms with Crippen LogP contribution in [0.5, 0.6) is 17.2 Å². The molecule has 0 aliphatic carbocycles. The maximum absolute atomic E-state index is 13.7. The van der Waals surface area contributed by atoms with Gasteiger partial charge in [-0.3, -0.25) is 62.3 Å². The molecule has 0 saturated carbocycles. The third-order valence-corrected chi connectivity index (χ3v) is 19.7. The molecule has 9 rings (SSSR count). The molecule has 0 spiro atoms. The van der Waals surface area contributed by atoms with Crippen LogP contribution < -0.4 is 113 Å². The topological polar surface area (TPSA) is 668 Å². The number of aliphatic imine (C=N–C) groups is 2. The fourth-order valence-corrected chi connectivity index (χ4v) is 13.1. The number of nitrogens with zero attached hydrogens (tertiary/aromatic N) is 2. The number of hydrogen-bond donors (Lipinski definition) is 19. The van der Waals surface area contributed by atoms with Gasteiger partial charge in [0.05, 0.1) is 52.5 Å². The molecule has 3 aliphatic rings. The van der Waals surface area contributed by atoms with Crippen LogP contribution in [-0.4, -0.2) is 152 Å². The minimum absolute atomic E-state index is 0.0145. The molecule has 0 fully saturated rings. The third kappa shape index (κ3) is 28.1. The van der Waals surface area contributed by atoms with Gasteiger partial charge in [0.25, 0.3) is 17.7 Å². The van der Waals surface area contributed by atoms with Crippen LogP contribution >= 0.6 is 0 Å². The number of ketones is 2. The smallest absolute Gasteiger partial charge is 0.255 e. The number of carbonyl (C=O) groups excluding carboxylic acids is 12. The zero-order chi connectivity index (χ0) is 87.4. The van der Waals surface area contributed by atoms with Crippen LogP contribution in [0.3, 0.4) is 0 Å². The molecule has 7 atom stereocenters. The Hall–Kier alpha value is -13.1. The van der Waals surface area contributed by atoms with E-state index in [-0.39, 0.29) is 148 Å². The van der Waals surface area contributed by atoms with Gasteiger partial charge < -0.3 is 114 Å². The Bertz CT molecular complexity index is 4940. The van der Waals surface area contributed by atoms with E-state index in [1.165, 1.54) is 97.9 Å². The first-order valence-corrected chi connectivity index (χ1v) is 40.1. The van der Waals surface area contributed by atoms with Crippen molar-refractivity contribution in [2.45, 2.75) is 154 Å². The molecule has 6 aromatic carbocycles. The summed E-state index contributed by atoms with van der Waals surface area (Å²) in [5.41, 5.74) is 58.7. The van der Waals surface area contributed by atoms with Gasteiger partial charge in [-0.1, -0.05) is 44.9 Å². The van der Waals surface area contributed by atoms with Gasteiger partial charge in [-0.2, -0.15) is 0 Å². The van der Waals surface area contributed by atoms with Gasteiger partial charge >= 0.3 is 0 Å². The van der Waals surface area contributed by atoms with E-state index < -0.39 is 105 Å². The number of aliphatic hydroxyl groups excluding tert-OH is 1. The molecule has 0 aromatic heterocycles. The van der Waals surface area contributed by atoms with Crippen molar-refractivity contribution in [3.05, 3.63) is 159 Å². The number of fused-ring (bicyclic) bond motifs is 6. The first-order chi connectivity index (χ1) is 56.5. The minimum Gasteiger partial charge on any atom is -0.488 e. The quantitative estimate of drug-likeness (QED) is 0.0264. The van der Waals surface area contributed by atoms with Gasteiger partial charge in [-0.25, -0.2) is 18.4 Å². The number of ether oxygens (including phenoxy) is 3. The van der Waals surface area contributed by atoms with Crippen LogP contribution in [0.4, 0.5) is 34.1 Å². The van der Waals surface area contributed by atoms with E-state index in [1.54, 1.807) is 18.2 Å². The van der Waals surface area contributed by atoms with Crippen LogP contribution in [-0.2, 0) is 58.6 Å². The summed E-state index contributed by atoms with van der Waals surface area (Å²) in [4.78, 5) is 163. The van der Waals surface area contributed by atoms with Crippen molar-refractivity contribution in [1.82, 2.24) is 21.3 Å². The van der Waals surface area contributed by atoms with Crippen molar-refractivity contribution in [1.29, 1.82) is 0 Å². The number of unbranched alkanes of at least 4 members (excludes halogenated alkanes) is 3. The number of carbonyl (C=O) groups is 12. The normalized spacial score (nSPS) is 17.9. The predicted molar refractivity (Wildman–Crippen MR) is 445 cm³/mol. The van der Waals surface area contributed by atoms with Crippen LogP contribution in [0.2, 0.25) is 0 Å². The minimum atomic E-state index is -3.64. The highest BCUT2D eigenvalue weighted by Gasteiger charge is 2.35. The number of sulfonamides is 1. The lowest BCUT2D eigenvalue weighted by atomic mass is 9.87. The molecule has 0 radical (unpaired) electrons. The van der Waals surface area contributed by atoms with Crippen molar-refractivity contribution in [3.63, 3.8) is 0 Å². The van der Waals surface area contributed by atoms with Gasteiger partial charge in [0.2, 0.25) is 51.4 Å². The zero-order valence-corrected chi connectivity index (χ0v) is 67.1. The summed E-state index contributed by atoms with van der Waals surface area (Å²) >= 11 is 0. The van der Waals surface area contributed by atoms with E-state index in [4.69, 9.17) is 71.5 Å². The number of nitrogens with one attached hydrogen (secondary N) is 8. The van der Waals surface area contributed by atoms with Gasteiger partial charge in [-0.15, -0.1) is 0 Å². The maximum atomic E-state index is 13.7. The summed E-state index contributed by atoms with van der Waals surface area (Å²) in [5.74, 6) is -7.76. The number of nitrogens with two attached hydrogens (primary N) is 10. The van der Waals surface area contributed by atoms with E-state index >= 15 is 0 Å². The van der Waals surface area contributed by atoms with E-state index in [2.05, 4.69) is 51.9 Å². The molecule has 39 heteroatoms. The Kier molecular flexibility index (Phi) is 34.6. The first-order valence-electron chi connectivity index (χ1n) is 38.2. The number of anilines is 4. The zero-order valence-electron chi connectivity index (χ0n) is 66.3. The molecule has 638 valence electrons. The van der Waals surface area contributed by atoms with E-state index in [0.29, 0.717) is 105 Å². The predicted octanol–water partition coefficient (Wildman–Crippen LogP) is 2.65. The fourth-order valence-electron chi connectivity index (χ4n) is 12.6. The molecule has 0 unspecified atom stereocenters. The summed E-state index contributed by atoms with van der Waals surface area (Å²) in [6.45, 7) is 6.02. The number of guanidine groups is 2. The Morgan fingerprint density at radius 2 is 0.908 bits per heavy atom. The van der Waals surface area contributed by atoms with Crippen molar-refractivity contribution >= 4 is 127 Å². The Labute approximate surface area is 686 Å². The lowest BCUT2D eigenvalue weighted by Crippen LogP contribution is -2.56. The summed E-state index contributed by atoms with van der Waals surface area (Å²) in [6, 6.07) is 22.4. The van der Waals surface area contributed by atoms with E-state index in [9.17, 15) is 71.1 Å². The van der Waals surface area contributed by atoms with Gasteiger partial charge in [0, 0.05) is 81.3 Å². The third-order valence-electron chi connectivity index (χ3n) is 19.1. The molecule has 0 bridgehead atoms. The highest BCUT2D eigenvalue weighted by atomic mass is 32.2. The standard InChI is InChI=1S/C29H39N5O7S.C26H34N8O6.C25H31N7O5/c1-4-17(2)26-24(35)14-19(7-5-6-12-30)28(37)32-23-13-18(27(31)36)8-9-20(23)16-41-25-11-10-21(34-42(3,39)40)15-22(25)29(38)33-26;1-13(35)21-25(39)33-19-10-14(22(28)36)5-6-15(19)12-40-20-8-7-16(31-26(29)30)11-17(20)23(37)32-18(24(38)34-21)4-2-3-9-27;26-10-2-1-3-18-20(33)7-9-22(34)31-19-11-14(23(27)35)4-5-15(19)13-37-21-8-6-16(30-25(28)29)12-17(21)24(36)32-18/h8-11,13,15,17,19,26,34H,4-7,12,14,16,30H2,1-3H3,(H2,31,36)(H,32,37)(H,33,38);5-8,10-11,13,18,21,35H,2-4,9,12,27H2,1H3,(H2,28,36)(H,32,37)(H,33,39)(H,34,38)(H4,29,30,31);4-6,8,11-12,18H,1-3,7,9-10,13,26H2,(H2,27,35)(H,31,34)(H,32,36)(H4,28,29,30)/t17-,19+,26-;13-,18+,21+;18-/m010/s1. The lowest BCUT2D eigenvalue weighted by molar-refractivity contribution is -0.130. The van der Waals surface area contributed by atoms with Crippen molar-refractivity contribution in [2.75, 3.05) is 46.6 Å². The average molecular weight is 1670 g/mol. The monoisotopic (exact) mass is 1660 g/mol. The first kappa shape index (κ1) is 93.1. The number of primary amides is 3. The van der Waals surface area contributed by atoms with Crippen molar-refractivity contribution in [2.24, 2.45) is 79.2 Å². The van der Waals surface area contributed by atoms with Crippen molar-refractivity contribution in [3.8, 4) is 17.2 Å². The lowest BCUT2D eigenvalue weighted by Gasteiger charge is -2.26. The van der Waals surface area contributed by atoms with Gasteiger partial charge in [0.15, 0.2) is 23.5 Å². The fraction of sp³-hybridized carbons (Fsp3) is 0.375. The molecular formula is C80H104N20O18S. The Balaban J connectivity index is 0.000000247. The van der Waals surface area contributed by atoms with Crippen LogP contribution in [0.15, 0.2) is 119 Å². The summed E-state index contributed by atoms with van der Waals surface area (Å²) in [5, 5.41) is 29.4. The summed E-state index contributed by atoms with van der Waals surface area (Å²) < 4.78 is 44.0.